The number of amides is 1. The summed E-state index contributed by atoms with van der Waals surface area (Å²) in [6.07, 6.45) is 0.553. The molecular weight excluding hydrogens is 424 g/mol. The third-order valence-corrected chi connectivity index (χ3v) is 5.54. The molecule has 2 aromatic rings. The van der Waals surface area contributed by atoms with Crippen molar-refractivity contribution >= 4 is 17.6 Å². The standard InChI is InChI=1S/C24H34N4O5/c1-15(16(2)32-4)27-22(14-18-7-11-20(29)12-8-18)24(31)33-28-23(30)21(26-3)13-17-5-9-19(25)10-6-17/h5-12,15-16,21-22,26-27,29H,13-14,25H2,1-4H3,(H,28,30)/t15?,16-,21?,22?/m0/s1. The third-order valence-electron chi connectivity index (χ3n) is 5.54. The van der Waals surface area contributed by atoms with E-state index in [1.54, 1.807) is 50.6 Å². The zero-order chi connectivity index (χ0) is 24.4. The maximum Gasteiger partial charge on any atom is 0.349 e. The minimum Gasteiger partial charge on any atom is -0.508 e. The summed E-state index contributed by atoms with van der Waals surface area (Å²) in [5.74, 6) is -0.961. The van der Waals surface area contributed by atoms with Crippen molar-refractivity contribution in [1.82, 2.24) is 16.1 Å². The molecule has 6 N–H and O–H groups in total. The van der Waals surface area contributed by atoms with Crippen molar-refractivity contribution in [1.29, 1.82) is 0 Å². The number of hydrogen-bond acceptors (Lipinski definition) is 8. The fourth-order valence-electron chi connectivity index (χ4n) is 3.19. The van der Waals surface area contributed by atoms with Gasteiger partial charge in [-0.2, -0.15) is 5.48 Å². The number of nitrogens with two attached hydrogens (primary N) is 1. The molecule has 9 nitrogen and oxygen atoms in total. The number of rotatable bonds is 11. The average molecular weight is 459 g/mol. The molecule has 0 saturated heterocycles. The molecule has 2 rings (SSSR count). The first kappa shape index (κ1) is 26.1. The van der Waals surface area contributed by atoms with Crippen molar-refractivity contribution < 1.29 is 24.3 Å². The van der Waals surface area contributed by atoms with Gasteiger partial charge >= 0.3 is 5.97 Å². The van der Waals surface area contributed by atoms with Crippen molar-refractivity contribution in [3.63, 3.8) is 0 Å². The summed E-state index contributed by atoms with van der Waals surface area (Å²) >= 11 is 0. The highest BCUT2D eigenvalue weighted by Crippen LogP contribution is 2.13. The SMILES string of the molecule is CNC(Cc1ccc(N)cc1)C(=O)NOC(=O)C(Cc1ccc(O)cc1)NC(C)[C@H](C)OC. The molecule has 2 aromatic carbocycles. The monoisotopic (exact) mass is 458 g/mol. The normalized spacial score (nSPS) is 14.7. The first-order valence-corrected chi connectivity index (χ1v) is 10.8. The number of carbonyl (C=O) groups is 2. The number of hydroxylamine groups is 1. The molecule has 0 aliphatic rings. The average Bonchev–Trinajstić information content (AvgIpc) is 2.82. The molecule has 3 unspecified atom stereocenters. The number of anilines is 1. The lowest BCUT2D eigenvalue weighted by atomic mass is 10.0. The summed E-state index contributed by atoms with van der Waals surface area (Å²) in [6.45, 7) is 3.78. The Labute approximate surface area is 194 Å². The van der Waals surface area contributed by atoms with Crippen LogP contribution < -0.4 is 21.8 Å². The lowest BCUT2D eigenvalue weighted by Crippen LogP contribution is -2.51. The second-order valence-corrected chi connectivity index (χ2v) is 7.99. The van der Waals surface area contributed by atoms with Crippen LogP contribution in [-0.2, 0) is 32.0 Å². The Balaban J connectivity index is 2.02. The van der Waals surface area contributed by atoms with Crippen LogP contribution in [0.4, 0.5) is 5.69 Å². The van der Waals surface area contributed by atoms with Gasteiger partial charge in [-0.1, -0.05) is 24.3 Å². The molecule has 9 heteroatoms. The van der Waals surface area contributed by atoms with Crippen molar-refractivity contribution in [2.24, 2.45) is 0 Å². The Morgan fingerprint density at radius 3 is 2.06 bits per heavy atom. The van der Waals surface area contributed by atoms with Gasteiger partial charge in [0.15, 0.2) is 0 Å². The molecule has 0 radical (unpaired) electrons. The van der Waals surface area contributed by atoms with E-state index in [9.17, 15) is 14.7 Å². The third kappa shape index (κ3) is 8.38. The number of methoxy groups -OCH3 is 1. The van der Waals surface area contributed by atoms with E-state index in [-0.39, 0.29) is 17.9 Å². The van der Waals surface area contributed by atoms with Crippen LogP contribution in [0.2, 0.25) is 0 Å². The highest BCUT2D eigenvalue weighted by Gasteiger charge is 2.27. The van der Waals surface area contributed by atoms with E-state index in [4.69, 9.17) is 15.3 Å². The summed E-state index contributed by atoms with van der Waals surface area (Å²) in [7, 11) is 3.25. The molecule has 0 heterocycles. The van der Waals surface area contributed by atoms with Gasteiger partial charge in [-0.3, -0.25) is 10.1 Å². The Morgan fingerprint density at radius 2 is 1.52 bits per heavy atom. The zero-order valence-corrected chi connectivity index (χ0v) is 19.5. The van der Waals surface area contributed by atoms with Gasteiger partial charge in [0.1, 0.15) is 11.8 Å². The topological polar surface area (TPSA) is 135 Å². The predicted molar refractivity (Wildman–Crippen MR) is 126 cm³/mol. The quantitative estimate of drug-likeness (QED) is 0.251. The van der Waals surface area contributed by atoms with E-state index in [1.807, 2.05) is 26.0 Å². The zero-order valence-electron chi connectivity index (χ0n) is 19.5. The second kappa shape index (κ2) is 12.8. The molecule has 0 aromatic heterocycles. The van der Waals surface area contributed by atoms with Gasteiger partial charge in [-0.15, -0.1) is 0 Å². The van der Waals surface area contributed by atoms with E-state index in [0.717, 1.165) is 11.1 Å². The first-order chi connectivity index (χ1) is 15.7. The number of ether oxygens (including phenoxy) is 1. The molecule has 0 aliphatic carbocycles. The van der Waals surface area contributed by atoms with Crippen LogP contribution >= 0.6 is 0 Å². The molecule has 0 fully saturated rings. The number of nitrogen functional groups attached to an aromatic ring is 1. The van der Waals surface area contributed by atoms with Gasteiger partial charge < -0.3 is 25.7 Å². The van der Waals surface area contributed by atoms with Crippen molar-refractivity contribution in [3.05, 3.63) is 59.7 Å². The Hall–Kier alpha value is -3.14. The fourth-order valence-corrected chi connectivity index (χ4v) is 3.19. The molecule has 4 atom stereocenters. The Bertz CT molecular complexity index is 889. The molecule has 0 saturated carbocycles. The van der Waals surface area contributed by atoms with Crippen LogP contribution in [0, 0.1) is 0 Å². The molecule has 180 valence electrons. The van der Waals surface area contributed by atoms with E-state index in [2.05, 4.69) is 16.1 Å². The summed E-state index contributed by atoms with van der Waals surface area (Å²) in [4.78, 5) is 30.6. The summed E-state index contributed by atoms with van der Waals surface area (Å²) in [6, 6.07) is 12.3. The number of hydrogen-bond donors (Lipinski definition) is 5. The van der Waals surface area contributed by atoms with Gasteiger partial charge in [0, 0.05) is 18.8 Å². The lowest BCUT2D eigenvalue weighted by Gasteiger charge is -2.25. The van der Waals surface area contributed by atoms with Crippen molar-refractivity contribution in [2.75, 3.05) is 19.9 Å². The van der Waals surface area contributed by atoms with Crippen LogP contribution in [-0.4, -0.2) is 55.4 Å². The van der Waals surface area contributed by atoms with Gasteiger partial charge in [0.2, 0.25) is 0 Å². The molecule has 0 bridgehead atoms. The number of nitrogens with one attached hydrogen (secondary N) is 3. The minimum atomic E-state index is -0.743. The van der Waals surface area contributed by atoms with Crippen molar-refractivity contribution in [3.8, 4) is 5.75 Å². The fraction of sp³-hybridized carbons (Fsp3) is 0.417. The van der Waals surface area contributed by atoms with Crippen LogP contribution in [0.15, 0.2) is 48.5 Å². The number of carbonyl (C=O) groups excluding carboxylic acids is 2. The number of likely N-dealkylation sites (N-methyl/N-ethyl adjacent to an activating group) is 1. The number of phenolic OH excluding ortho intramolecular Hbond substituents is 1. The summed E-state index contributed by atoms with van der Waals surface area (Å²) in [5.41, 5.74) is 10.4. The lowest BCUT2D eigenvalue weighted by molar-refractivity contribution is -0.161. The smallest absolute Gasteiger partial charge is 0.349 e. The maximum absolute atomic E-state index is 12.8. The largest absolute Gasteiger partial charge is 0.508 e. The Kier molecular flexibility index (Phi) is 10.1. The number of aromatic hydroxyl groups is 1. The van der Waals surface area contributed by atoms with Crippen LogP contribution in [0.5, 0.6) is 5.75 Å². The maximum atomic E-state index is 12.8. The van der Waals surface area contributed by atoms with E-state index < -0.39 is 24.0 Å². The van der Waals surface area contributed by atoms with Gasteiger partial charge in [0.05, 0.1) is 12.1 Å². The van der Waals surface area contributed by atoms with Gasteiger partial charge in [-0.05, 0) is 69.1 Å². The number of phenols is 1. The molecule has 1 amide bonds. The molecular formula is C24H34N4O5. The van der Waals surface area contributed by atoms with Crippen LogP contribution in [0.3, 0.4) is 0 Å². The van der Waals surface area contributed by atoms with Gasteiger partial charge in [0.25, 0.3) is 5.91 Å². The van der Waals surface area contributed by atoms with E-state index in [1.165, 1.54) is 0 Å². The summed E-state index contributed by atoms with van der Waals surface area (Å²) < 4.78 is 5.33. The highest BCUT2D eigenvalue weighted by atomic mass is 16.7. The predicted octanol–water partition coefficient (Wildman–Crippen LogP) is 1.30. The first-order valence-electron chi connectivity index (χ1n) is 10.8. The molecule has 0 aliphatic heterocycles. The summed E-state index contributed by atoms with van der Waals surface area (Å²) in [5, 5.41) is 15.6. The van der Waals surface area contributed by atoms with Crippen molar-refractivity contribution in [2.45, 2.75) is 50.9 Å². The van der Waals surface area contributed by atoms with E-state index in [0.29, 0.717) is 18.5 Å². The molecule has 0 spiro atoms. The van der Waals surface area contributed by atoms with Crippen LogP contribution in [0.1, 0.15) is 25.0 Å². The van der Waals surface area contributed by atoms with Crippen LogP contribution in [0.25, 0.3) is 0 Å². The van der Waals surface area contributed by atoms with Gasteiger partial charge in [-0.25, -0.2) is 4.79 Å². The molecule has 33 heavy (non-hydrogen) atoms. The second-order valence-electron chi connectivity index (χ2n) is 7.99. The Morgan fingerprint density at radius 1 is 0.970 bits per heavy atom. The minimum absolute atomic E-state index is 0.138. The highest BCUT2D eigenvalue weighted by molar-refractivity contribution is 5.84. The number of benzene rings is 2. The van der Waals surface area contributed by atoms with E-state index >= 15 is 0 Å².